The normalized spacial score (nSPS) is 12.3. The summed E-state index contributed by atoms with van der Waals surface area (Å²) in [6.45, 7) is 2.11. The lowest BCUT2D eigenvalue weighted by Gasteiger charge is -2.37. The summed E-state index contributed by atoms with van der Waals surface area (Å²) in [6.07, 6.45) is 0. The maximum absolute atomic E-state index is 9.56. The number of benzene rings is 3. The predicted octanol–water partition coefficient (Wildman–Crippen LogP) is 5.39. The van der Waals surface area contributed by atoms with E-state index in [9.17, 15) is 5.26 Å². The fraction of sp³-hybridized carbons (Fsp3) is 0.174. The second-order valence-electron chi connectivity index (χ2n) is 6.84. The summed E-state index contributed by atoms with van der Waals surface area (Å²) >= 11 is 0. The van der Waals surface area contributed by atoms with Crippen molar-refractivity contribution in [1.29, 1.82) is 5.26 Å². The van der Waals surface area contributed by atoms with Gasteiger partial charge in [0, 0.05) is 14.1 Å². The molecule has 0 spiro atoms. The second-order valence-corrected chi connectivity index (χ2v) is 6.84. The molecule has 0 amide bonds. The smallest absolute Gasteiger partial charge is 0.120 e. The van der Waals surface area contributed by atoms with Crippen molar-refractivity contribution >= 4 is 22.7 Å². The summed E-state index contributed by atoms with van der Waals surface area (Å²) in [5.41, 5.74) is 8.40. The Hall–Kier alpha value is -3.45. The summed E-state index contributed by atoms with van der Waals surface area (Å²) in [5, 5.41) is 9.56. The minimum atomic E-state index is 0.608. The van der Waals surface area contributed by atoms with Crippen molar-refractivity contribution in [2.45, 2.75) is 6.92 Å². The molecule has 27 heavy (non-hydrogen) atoms. The molecule has 0 fully saturated rings. The van der Waals surface area contributed by atoms with E-state index < -0.39 is 0 Å². The van der Waals surface area contributed by atoms with Crippen LogP contribution in [-0.4, -0.2) is 21.2 Å². The molecule has 4 nitrogen and oxygen atoms in total. The number of aryl methyl sites for hydroxylation is 1. The van der Waals surface area contributed by atoms with E-state index in [0.717, 1.165) is 22.5 Å². The van der Waals surface area contributed by atoms with Crippen LogP contribution in [0.1, 0.15) is 11.1 Å². The van der Waals surface area contributed by atoms with Crippen molar-refractivity contribution in [3.8, 4) is 22.9 Å². The Labute approximate surface area is 159 Å². The van der Waals surface area contributed by atoms with Crippen LogP contribution in [0.15, 0.2) is 54.6 Å². The first-order valence-corrected chi connectivity index (χ1v) is 8.84. The molecule has 3 aromatic rings. The van der Waals surface area contributed by atoms with Crippen molar-refractivity contribution in [2.24, 2.45) is 0 Å². The Balaban J connectivity index is 1.85. The fourth-order valence-electron chi connectivity index (χ4n) is 3.68. The van der Waals surface area contributed by atoms with Gasteiger partial charge in [-0.05, 0) is 66.1 Å². The van der Waals surface area contributed by atoms with Gasteiger partial charge in [0.15, 0.2) is 0 Å². The van der Waals surface area contributed by atoms with Crippen LogP contribution in [0.2, 0.25) is 0 Å². The molecular weight excluding hydrogens is 334 g/mol. The standard InChI is InChI=1S/C23H21N3O/c1-15-5-9-20-22(11-15)25(2)21-10-6-16(13-23(21)26(20)3)19-8-7-18(27-4)12-17(19)14-24/h5-13H,1-4H3. The summed E-state index contributed by atoms with van der Waals surface area (Å²) < 4.78 is 5.25. The van der Waals surface area contributed by atoms with Gasteiger partial charge < -0.3 is 14.5 Å². The van der Waals surface area contributed by atoms with Gasteiger partial charge in [0.05, 0.1) is 41.5 Å². The van der Waals surface area contributed by atoms with Crippen LogP contribution in [0.5, 0.6) is 5.75 Å². The van der Waals surface area contributed by atoms with Crippen molar-refractivity contribution < 1.29 is 4.74 Å². The average molecular weight is 355 g/mol. The molecule has 1 heterocycles. The second kappa shape index (κ2) is 6.37. The fourth-order valence-corrected chi connectivity index (χ4v) is 3.68. The number of methoxy groups -OCH3 is 1. The van der Waals surface area contributed by atoms with Gasteiger partial charge in [-0.15, -0.1) is 0 Å². The van der Waals surface area contributed by atoms with E-state index in [1.807, 2.05) is 12.1 Å². The largest absolute Gasteiger partial charge is 0.497 e. The van der Waals surface area contributed by atoms with Crippen LogP contribution in [-0.2, 0) is 0 Å². The number of hydrogen-bond acceptors (Lipinski definition) is 4. The maximum Gasteiger partial charge on any atom is 0.120 e. The molecule has 0 saturated heterocycles. The number of rotatable bonds is 2. The van der Waals surface area contributed by atoms with Crippen molar-refractivity contribution in [1.82, 2.24) is 0 Å². The number of nitriles is 1. The van der Waals surface area contributed by atoms with Crippen LogP contribution in [0.25, 0.3) is 11.1 Å². The van der Waals surface area contributed by atoms with Crippen molar-refractivity contribution in [3.63, 3.8) is 0 Å². The van der Waals surface area contributed by atoms with Gasteiger partial charge in [-0.3, -0.25) is 0 Å². The first-order valence-electron chi connectivity index (χ1n) is 8.84. The van der Waals surface area contributed by atoms with Crippen molar-refractivity contribution in [2.75, 3.05) is 31.0 Å². The lowest BCUT2D eigenvalue weighted by molar-refractivity contribution is 0.414. The highest BCUT2D eigenvalue weighted by Gasteiger charge is 2.24. The first-order chi connectivity index (χ1) is 13.0. The predicted molar refractivity (Wildman–Crippen MR) is 110 cm³/mol. The molecule has 1 aliphatic rings. The first kappa shape index (κ1) is 17.0. The number of anilines is 4. The molecule has 3 aromatic carbocycles. The van der Waals surface area contributed by atoms with Crippen LogP contribution in [0.3, 0.4) is 0 Å². The van der Waals surface area contributed by atoms with Gasteiger partial charge >= 0.3 is 0 Å². The summed E-state index contributed by atoms with van der Waals surface area (Å²) in [5.74, 6) is 0.689. The van der Waals surface area contributed by atoms with E-state index in [2.05, 4.69) is 73.3 Å². The Kier molecular flexibility index (Phi) is 4.01. The minimum Gasteiger partial charge on any atom is -0.497 e. The highest BCUT2D eigenvalue weighted by molar-refractivity contribution is 5.94. The average Bonchev–Trinajstić information content (AvgIpc) is 2.71. The SMILES string of the molecule is COc1ccc(-c2ccc3c(c2)N(C)c2ccc(C)cc2N3C)c(C#N)c1. The van der Waals surface area contributed by atoms with E-state index >= 15 is 0 Å². The molecule has 0 aliphatic carbocycles. The highest BCUT2D eigenvalue weighted by atomic mass is 16.5. The maximum atomic E-state index is 9.56. The van der Waals surface area contributed by atoms with Crippen molar-refractivity contribution in [3.05, 3.63) is 65.7 Å². The molecule has 4 rings (SSSR count). The highest BCUT2D eigenvalue weighted by Crippen LogP contribution is 2.47. The number of fused-ring (bicyclic) bond motifs is 2. The third-order valence-corrected chi connectivity index (χ3v) is 5.21. The van der Waals surface area contributed by atoms with Crippen LogP contribution >= 0.6 is 0 Å². The summed E-state index contributed by atoms with van der Waals surface area (Å²) in [7, 11) is 5.79. The minimum absolute atomic E-state index is 0.608. The van der Waals surface area contributed by atoms with Gasteiger partial charge in [0.1, 0.15) is 5.75 Å². The van der Waals surface area contributed by atoms with Gasteiger partial charge in [-0.2, -0.15) is 5.26 Å². The Morgan fingerprint density at radius 3 is 2.15 bits per heavy atom. The molecule has 0 atom stereocenters. The van der Waals surface area contributed by atoms with E-state index in [-0.39, 0.29) is 0 Å². The lowest BCUT2D eigenvalue weighted by atomic mass is 9.97. The number of ether oxygens (including phenoxy) is 1. The van der Waals surface area contributed by atoms with E-state index in [1.54, 1.807) is 13.2 Å². The van der Waals surface area contributed by atoms with Crippen LogP contribution < -0.4 is 14.5 Å². The monoisotopic (exact) mass is 355 g/mol. The quantitative estimate of drug-likeness (QED) is 0.618. The molecule has 134 valence electrons. The van der Waals surface area contributed by atoms with Crippen LogP contribution in [0, 0.1) is 18.3 Å². The number of hydrogen-bond donors (Lipinski definition) is 0. The van der Waals surface area contributed by atoms with Gasteiger partial charge in [-0.25, -0.2) is 0 Å². The third-order valence-electron chi connectivity index (χ3n) is 5.21. The third kappa shape index (κ3) is 2.69. The molecule has 4 heteroatoms. The zero-order valence-corrected chi connectivity index (χ0v) is 15.9. The van der Waals surface area contributed by atoms with Gasteiger partial charge in [0.2, 0.25) is 0 Å². The van der Waals surface area contributed by atoms with Gasteiger partial charge in [0.25, 0.3) is 0 Å². The molecule has 1 aliphatic heterocycles. The van der Waals surface area contributed by atoms with E-state index in [0.29, 0.717) is 11.3 Å². The molecule has 0 unspecified atom stereocenters. The zero-order chi connectivity index (χ0) is 19.1. The topological polar surface area (TPSA) is 39.5 Å². The zero-order valence-electron chi connectivity index (χ0n) is 15.9. The molecule has 0 saturated carbocycles. The molecule has 0 N–H and O–H groups in total. The Morgan fingerprint density at radius 2 is 1.48 bits per heavy atom. The summed E-state index contributed by atoms with van der Waals surface area (Å²) in [6, 6.07) is 20.8. The van der Waals surface area contributed by atoms with E-state index in [1.165, 1.54) is 16.9 Å². The Bertz CT molecular complexity index is 1080. The lowest BCUT2D eigenvalue weighted by Crippen LogP contribution is -2.24. The number of nitrogens with zero attached hydrogens (tertiary/aromatic N) is 3. The molecule has 0 aromatic heterocycles. The van der Waals surface area contributed by atoms with Gasteiger partial charge in [-0.1, -0.05) is 12.1 Å². The molecule has 0 radical (unpaired) electrons. The summed E-state index contributed by atoms with van der Waals surface area (Å²) in [4.78, 5) is 4.43. The van der Waals surface area contributed by atoms with E-state index in [4.69, 9.17) is 4.74 Å². The molecule has 0 bridgehead atoms. The Morgan fingerprint density at radius 1 is 0.815 bits per heavy atom. The van der Waals surface area contributed by atoms with Crippen LogP contribution in [0.4, 0.5) is 22.7 Å². The molecular formula is C23H21N3O.